The van der Waals surface area contributed by atoms with E-state index in [-0.39, 0.29) is 47.5 Å². The Morgan fingerprint density at radius 1 is 1.23 bits per heavy atom. The minimum Gasteiger partial charge on any atom is -0.497 e. The average molecular weight is 616 g/mol. The third-order valence-electron chi connectivity index (χ3n) is 7.37. The van der Waals surface area contributed by atoms with Crippen LogP contribution in [-0.4, -0.2) is 86.4 Å². The number of benzene rings is 2. The number of para-hydroxylation sites is 1. The van der Waals surface area contributed by atoms with Crippen molar-refractivity contribution in [3.63, 3.8) is 0 Å². The molecule has 0 aliphatic carbocycles. The van der Waals surface area contributed by atoms with E-state index in [0.29, 0.717) is 22.9 Å². The van der Waals surface area contributed by atoms with E-state index in [2.05, 4.69) is 15.2 Å². The van der Waals surface area contributed by atoms with Crippen molar-refractivity contribution < 1.29 is 37.1 Å². The lowest BCUT2D eigenvalue weighted by Gasteiger charge is -2.38. The van der Waals surface area contributed by atoms with Gasteiger partial charge in [0.15, 0.2) is 11.5 Å². The quantitative estimate of drug-likeness (QED) is 0.327. The van der Waals surface area contributed by atoms with E-state index in [1.807, 2.05) is 6.92 Å². The third kappa shape index (κ3) is 6.86. The number of likely N-dealkylation sites (N-methyl/N-ethyl adjacent to an activating group) is 1. The number of carbonyl (C=O) groups is 2. The van der Waals surface area contributed by atoms with Gasteiger partial charge in [0.2, 0.25) is 0 Å². The molecule has 0 radical (unpaired) electrons. The Bertz CT molecular complexity index is 1550. The van der Waals surface area contributed by atoms with Crippen molar-refractivity contribution >= 4 is 33.3 Å². The van der Waals surface area contributed by atoms with Crippen LogP contribution in [0.5, 0.6) is 11.5 Å². The standard InChI is InChI=1S/C29H37N5O8S/c1-17-14-34(18(2)16-35)28(36)23-8-7-9-24(32-43(38,39)22-12-10-21(40-6)11-13-22)27(23)41-25(17)15-33(5)29(37)30-26-19(3)31-42-20(26)4/h7-13,17-18,25,32,35H,14-16H2,1-6H3,(H,30,37)/t17-,18-,25-/m0/s1. The van der Waals surface area contributed by atoms with Gasteiger partial charge >= 0.3 is 6.03 Å². The molecule has 1 aliphatic rings. The first-order valence-electron chi connectivity index (χ1n) is 13.7. The SMILES string of the molecule is COc1ccc(S(=O)(=O)Nc2cccc3c2O[C@@H](CN(C)C(=O)Nc2c(C)noc2C)[C@@H](C)CN([C@@H](C)CO)C3=O)cc1. The van der Waals surface area contributed by atoms with Crippen LogP contribution in [0, 0.1) is 19.8 Å². The summed E-state index contributed by atoms with van der Waals surface area (Å²) in [5.41, 5.74) is 1.18. The molecule has 1 aromatic heterocycles. The number of aliphatic hydroxyl groups excluding tert-OH is 1. The first kappa shape index (κ1) is 31.6. The molecule has 3 aromatic rings. The minimum atomic E-state index is -4.09. The van der Waals surface area contributed by atoms with E-state index in [0.717, 1.165) is 0 Å². The fourth-order valence-corrected chi connectivity index (χ4v) is 5.78. The zero-order valence-electron chi connectivity index (χ0n) is 24.9. The van der Waals surface area contributed by atoms with Crippen LogP contribution >= 0.6 is 0 Å². The zero-order valence-corrected chi connectivity index (χ0v) is 25.8. The molecule has 3 amide bonds. The maximum atomic E-state index is 13.7. The molecule has 0 unspecified atom stereocenters. The van der Waals surface area contributed by atoms with Crippen molar-refractivity contribution in [3.8, 4) is 11.5 Å². The molecule has 14 heteroatoms. The van der Waals surface area contributed by atoms with Crippen LogP contribution in [0.4, 0.5) is 16.2 Å². The first-order valence-corrected chi connectivity index (χ1v) is 15.2. The molecule has 0 spiro atoms. The van der Waals surface area contributed by atoms with E-state index in [1.165, 1.54) is 47.2 Å². The lowest BCUT2D eigenvalue weighted by Crippen LogP contribution is -2.50. The second-order valence-corrected chi connectivity index (χ2v) is 12.3. The molecule has 2 heterocycles. The largest absolute Gasteiger partial charge is 0.497 e. The number of methoxy groups -OCH3 is 1. The first-order chi connectivity index (χ1) is 20.4. The summed E-state index contributed by atoms with van der Waals surface area (Å²) in [6, 6.07) is 9.50. The molecule has 1 aliphatic heterocycles. The van der Waals surface area contributed by atoms with Gasteiger partial charge < -0.3 is 34.2 Å². The molecule has 0 bridgehead atoms. The van der Waals surface area contributed by atoms with Crippen LogP contribution < -0.4 is 19.5 Å². The summed E-state index contributed by atoms with van der Waals surface area (Å²) in [5.74, 6) is 0.235. The van der Waals surface area contributed by atoms with E-state index in [4.69, 9.17) is 14.0 Å². The lowest BCUT2D eigenvalue weighted by molar-refractivity contribution is 0.0373. The Morgan fingerprint density at radius 2 is 1.93 bits per heavy atom. The van der Waals surface area contributed by atoms with Crippen molar-refractivity contribution in [2.75, 3.05) is 43.9 Å². The van der Waals surface area contributed by atoms with Crippen molar-refractivity contribution in [1.29, 1.82) is 0 Å². The summed E-state index contributed by atoms with van der Waals surface area (Å²) in [6.07, 6.45) is -0.674. The van der Waals surface area contributed by atoms with Gasteiger partial charge in [0.25, 0.3) is 15.9 Å². The zero-order chi connectivity index (χ0) is 31.5. The van der Waals surface area contributed by atoms with Crippen molar-refractivity contribution in [2.24, 2.45) is 5.92 Å². The molecule has 4 rings (SSSR count). The topological polar surface area (TPSA) is 164 Å². The minimum absolute atomic E-state index is 0.0146. The maximum absolute atomic E-state index is 13.7. The highest BCUT2D eigenvalue weighted by atomic mass is 32.2. The number of hydrogen-bond acceptors (Lipinski definition) is 9. The number of fused-ring (bicyclic) bond motifs is 1. The second kappa shape index (κ2) is 12.9. The highest BCUT2D eigenvalue weighted by Crippen LogP contribution is 2.36. The number of amides is 3. The molecule has 2 aromatic carbocycles. The second-order valence-electron chi connectivity index (χ2n) is 10.6. The number of carbonyl (C=O) groups excluding carboxylic acids is 2. The number of ether oxygens (including phenoxy) is 2. The molecule has 3 atom stereocenters. The van der Waals surface area contributed by atoms with Crippen molar-refractivity contribution in [2.45, 2.75) is 44.7 Å². The Labute approximate surface area is 250 Å². The van der Waals surface area contributed by atoms with Gasteiger partial charge in [-0.05, 0) is 57.2 Å². The van der Waals surface area contributed by atoms with Gasteiger partial charge in [0, 0.05) is 19.5 Å². The monoisotopic (exact) mass is 615 g/mol. The Kier molecular flexibility index (Phi) is 9.50. The molecule has 0 saturated heterocycles. The third-order valence-corrected chi connectivity index (χ3v) is 8.75. The van der Waals surface area contributed by atoms with E-state index in [1.54, 1.807) is 40.0 Å². The fourth-order valence-electron chi connectivity index (χ4n) is 4.72. The van der Waals surface area contributed by atoms with Crippen LogP contribution in [0.25, 0.3) is 0 Å². The number of nitrogens with one attached hydrogen (secondary N) is 2. The van der Waals surface area contributed by atoms with E-state index in [9.17, 15) is 23.1 Å². The molecule has 13 nitrogen and oxygen atoms in total. The number of urea groups is 1. The summed E-state index contributed by atoms with van der Waals surface area (Å²) >= 11 is 0. The van der Waals surface area contributed by atoms with E-state index < -0.39 is 34.1 Å². The van der Waals surface area contributed by atoms with Gasteiger partial charge in [-0.1, -0.05) is 18.1 Å². The van der Waals surface area contributed by atoms with Crippen molar-refractivity contribution in [1.82, 2.24) is 15.0 Å². The predicted octanol–water partition coefficient (Wildman–Crippen LogP) is 3.48. The Morgan fingerprint density at radius 3 is 2.53 bits per heavy atom. The number of hydrogen-bond donors (Lipinski definition) is 3. The van der Waals surface area contributed by atoms with Gasteiger partial charge in [-0.2, -0.15) is 0 Å². The number of nitrogens with zero attached hydrogens (tertiary/aromatic N) is 3. The lowest BCUT2D eigenvalue weighted by atomic mass is 9.99. The Balaban J connectivity index is 1.69. The molecular weight excluding hydrogens is 578 g/mol. The summed E-state index contributed by atoms with van der Waals surface area (Å²) in [7, 11) is -1.01. The summed E-state index contributed by atoms with van der Waals surface area (Å²) in [4.78, 5) is 29.8. The van der Waals surface area contributed by atoms with Crippen molar-refractivity contribution in [3.05, 3.63) is 59.5 Å². The molecule has 0 fully saturated rings. The fraction of sp³-hybridized carbons (Fsp3) is 0.414. The maximum Gasteiger partial charge on any atom is 0.321 e. The van der Waals surface area contributed by atoms with Gasteiger partial charge in [-0.3, -0.25) is 9.52 Å². The number of aliphatic hydroxyl groups is 1. The Hall–Kier alpha value is -4.30. The number of aromatic nitrogens is 1. The highest BCUT2D eigenvalue weighted by Gasteiger charge is 2.35. The van der Waals surface area contributed by atoms with Gasteiger partial charge in [-0.15, -0.1) is 0 Å². The highest BCUT2D eigenvalue weighted by molar-refractivity contribution is 7.92. The van der Waals surface area contributed by atoms with Gasteiger partial charge in [0.1, 0.15) is 23.2 Å². The summed E-state index contributed by atoms with van der Waals surface area (Å²) in [6.45, 7) is 7.03. The number of aryl methyl sites for hydroxylation is 2. The van der Waals surface area contributed by atoms with Crippen LogP contribution in [0.3, 0.4) is 0 Å². The number of anilines is 2. The average Bonchev–Trinajstić information content (AvgIpc) is 3.30. The molecule has 0 saturated carbocycles. The summed E-state index contributed by atoms with van der Waals surface area (Å²) < 4.78 is 45.9. The van der Waals surface area contributed by atoms with Gasteiger partial charge in [-0.25, -0.2) is 13.2 Å². The predicted molar refractivity (Wildman–Crippen MR) is 159 cm³/mol. The van der Waals surface area contributed by atoms with Crippen LogP contribution in [0.2, 0.25) is 0 Å². The van der Waals surface area contributed by atoms with Crippen LogP contribution in [0.15, 0.2) is 51.9 Å². The molecule has 3 N–H and O–H groups in total. The molecule has 43 heavy (non-hydrogen) atoms. The number of sulfonamides is 1. The number of rotatable bonds is 9. The summed E-state index contributed by atoms with van der Waals surface area (Å²) in [5, 5.41) is 16.6. The van der Waals surface area contributed by atoms with Crippen LogP contribution in [0.1, 0.15) is 35.7 Å². The van der Waals surface area contributed by atoms with Crippen LogP contribution in [-0.2, 0) is 10.0 Å². The normalized spacial score (nSPS) is 17.7. The van der Waals surface area contributed by atoms with Gasteiger partial charge in [0.05, 0.1) is 42.4 Å². The molecule has 232 valence electrons. The smallest absolute Gasteiger partial charge is 0.321 e. The molecular formula is C29H37N5O8S. The van der Waals surface area contributed by atoms with E-state index >= 15 is 0 Å².